The van der Waals surface area contributed by atoms with Gasteiger partial charge in [0, 0.05) is 18.0 Å². The number of hydrogen-bond donors (Lipinski definition) is 1. The molecule has 2 heterocycles. The second kappa shape index (κ2) is 6.83. The van der Waals surface area contributed by atoms with Gasteiger partial charge in [0.25, 0.3) is 0 Å². The number of nitrogens with zero attached hydrogens (tertiary/aromatic N) is 1. The van der Waals surface area contributed by atoms with Crippen LogP contribution in [0.5, 0.6) is 11.5 Å². The molecule has 1 atom stereocenters. The maximum atomic E-state index is 5.65. The zero-order valence-corrected chi connectivity index (χ0v) is 12.7. The highest BCUT2D eigenvalue weighted by molar-refractivity contribution is 7.99. The van der Waals surface area contributed by atoms with Gasteiger partial charge in [0.05, 0.1) is 5.03 Å². The Balaban J connectivity index is 1.71. The number of fused-ring (bicyclic) bond motifs is 1. The Hall–Kier alpha value is -1.72. The number of pyridine rings is 1. The molecule has 1 aromatic heterocycles. The second-order valence-corrected chi connectivity index (χ2v) is 5.76. The minimum atomic E-state index is 0.243. The van der Waals surface area contributed by atoms with E-state index >= 15 is 0 Å². The average Bonchev–Trinajstić information content (AvgIpc) is 2.56. The third kappa shape index (κ3) is 3.49. The summed E-state index contributed by atoms with van der Waals surface area (Å²) in [6, 6.07) is 12.4. The summed E-state index contributed by atoms with van der Waals surface area (Å²) in [4.78, 5) is 4.34. The van der Waals surface area contributed by atoms with Crippen LogP contribution in [0.4, 0.5) is 0 Å². The van der Waals surface area contributed by atoms with E-state index in [2.05, 4.69) is 22.4 Å². The molecule has 0 spiro atoms. The first-order valence-corrected chi connectivity index (χ1v) is 7.96. The predicted molar refractivity (Wildman–Crippen MR) is 84.2 cm³/mol. The summed E-state index contributed by atoms with van der Waals surface area (Å²) >= 11 is 1.74. The smallest absolute Gasteiger partial charge is 0.161 e. The Morgan fingerprint density at radius 1 is 1.19 bits per heavy atom. The molecular weight excluding hydrogens is 284 g/mol. The van der Waals surface area contributed by atoms with Crippen molar-refractivity contribution < 1.29 is 9.47 Å². The van der Waals surface area contributed by atoms with Gasteiger partial charge in [-0.3, -0.25) is 0 Å². The summed E-state index contributed by atoms with van der Waals surface area (Å²) in [5.74, 6) is 2.58. The molecule has 2 aromatic rings. The lowest BCUT2D eigenvalue weighted by Gasteiger charge is -2.21. The first kappa shape index (κ1) is 14.2. The zero-order valence-electron chi connectivity index (χ0n) is 11.9. The molecule has 0 fully saturated rings. The van der Waals surface area contributed by atoms with Crippen molar-refractivity contribution in [3.05, 3.63) is 48.2 Å². The standard InChI is InChI=1S/C16H18N2O2S/c1-17-13(11-21-16-4-2-3-7-18-16)12-5-6-14-15(10-12)20-9-8-19-14/h2-7,10,13,17H,8-9,11H2,1H3. The predicted octanol–water partition coefficient (Wildman–Crippen LogP) is 2.91. The highest BCUT2D eigenvalue weighted by atomic mass is 32.2. The molecule has 0 radical (unpaired) electrons. The fourth-order valence-electron chi connectivity index (χ4n) is 2.22. The highest BCUT2D eigenvalue weighted by Gasteiger charge is 2.16. The Bertz CT molecular complexity index is 592. The fourth-order valence-corrected chi connectivity index (χ4v) is 3.23. The number of aromatic nitrogens is 1. The van der Waals surface area contributed by atoms with E-state index in [1.807, 2.05) is 37.5 Å². The lowest BCUT2D eigenvalue weighted by Crippen LogP contribution is -2.20. The monoisotopic (exact) mass is 302 g/mol. The van der Waals surface area contributed by atoms with Gasteiger partial charge in [0.15, 0.2) is 11.5 Å². The zero-order chi connectivity index (χ0) is 14.5. The summed E-state index contributed by atoms with van der Waals surface area (Å²) in [6.07, 6.45) is 1.82. The van der Waals surface area contributed by atoms with Crippen LogP contribution in [0.25, 0.3) is 0 Å². The topological polar surface area (TPSA) is 43.4 Å². The number of ether oxygens (including phenoxy) is 2. The molecular formula is C16H18N2O2S. The van der Waals surface area contributed by atoms with Gasteiger partial charge in [0.1, 0.15) is 13.2 Å². The third-order valence-electron chi connectivity index (χ3n) is 3.35. The van der Waals surface area contributed by atoms with Crippen molar-refractivity contribution in [2.45, 2.75) is 11.1 Å². The van der Waals surface area contributed by atoms with Gasteiger partial charge in [-0.1, -0.05) is 12.1 Å². The van der Waals surface area contributed by atoms with Crippen LogP contribution in [-0.4, -0.2) is 31.0 Å². The van der Waals surface area contributed by atoms with Gasteiger partial charge in [-0.15, -0.1) is 11.8 Å². The molecule has 110 valence electrons. The normalized spacial score (nSPS) is 14.7. The molecule has 0 aliphatic carbocycles. The van der Waals surface area contributed by atoms with Gasteiger partial charge in [0.2, 0.25) is 0 Å². The fraction of sp³-hybridized carbons (Fsp3) is 0.312. The van der Waals surface area contributed by atoms with Crippen molar-refractivity contribution >= 4 is 11.8 Å². The van der Waals surface area contributed by atoms with Crippen LogP contribution >= 0.6 is 11.8 Å². The van der Waals surface area contributed by atoms with E-state index < -0.39 is 0 Å². The van der Waals surface area contributed by atoms with Crippen LogP contribution in [-0.2, 0) is 0 Å². The van der Waals surface area contributed by atoms with E-state index in [9.17, 15) is 0 Å². The Labute approximate surface area is 128 Å². The number of rotatable bonds is 5. The van der Waals surface area contributed by atoms with Gasteiger partial charge in [-0.05, 0) is 36.9 Å². The first-order valence-electron chi connectivity index (χ1n) is 6.97. The van der Waals surface area contributed by atoms with Crippen LogP contribution < -0.4 is 14.8 Å². The van der Waals surface area contributed by atoms with Crippen LogP contribution in [0.3, 0.4) is 0 Å². The maximum absolute atomic E-state index is 5.65. The minimum absolute atomic E-state index is 0.243. The SMILES string of the molecule is CNC(CSc1ccccn1)c1ccc2c(c1)OCCO2. The van der Waals surface area contributed by atoms with E-state index in [0.717, 1.165) is 22.3 Å². The number of hydrogen-bond acceptors (Lipinski definition) is 5. The summed E-state index contributed by atoms with van der Waals surface area (Å²) in [6.45, 7) is 1.24. The maximum Gasteiger partial charge on any atom is 0.161 e. The van der Waals surface area contributed by atoms with Gasteiger partial charge in [-0.25, -0.2) is 4.98 Å². The van der Waals surface area contributed by atoms with Crippen LogP contribution in [0.1, 0.15) is 11.6 Å². The van der Waals surface area contributed by atoms with Crippen molar-refractivity contribution in [2.24, 2.45) is 0 Å². The molecule has 0 saturated carbocycles. The van der Waals surface area contributed by atoms with Crippen LogP contribution in [0, 0.1) is 0 Å². The Morgan fingerprint density at radius 2 is 2.05 bits per heavy atom. The molecule has 1 aliphatic rings. The van der Waals surface area contributed by atoms with Crippen molar-refractivity contribution in [1.29, 1.82) is 0 Å². The Morgan fingerprint density at radius 3 is 2.81 bits per heavy atom. The number of thioether (sulfide) groups is 1. The molecule has 1 unspecified atom stereocenters. The van der Waals surface area contributed by atoms with Crippen molar-refractivity contribution in [1.82, 2.24) is 10.3 Å². The van der Waals surface area contributed by atoms with E-state index in [1.54, 1.807) is 11.8 Å². The van der Waals surface area contributed by atoms with Crippen molar-refractivity contribution in [2.75, 3.05) is 26.0 Å². The lowest BCUT2D eigenvalue weighted by atomic mass is 10.1. The van der Waals surface area contributed by atoms with Gasteiger partial charge in [-0.2, -0.15) is 0 Å². The molecule has 21 heavy (non-hydrogen) atoms. The molecule has 1 aliphatic heterocycles. The molecule has 1 aromatic carbocycles. The van der Waals surface area contributed by atoms with Crippen LogP contribution in [0.15, 0.2) is 47.6 Å². The molecule has 4 nitrogen and oxygen atoms in total. The summed E-state index contributed by atoms with van der Waals surface area (Å²) in [5.41, 5.74) is 1.20. The average molecular weight is 302 g/mol. The Kier molecular flexibility index (Phi) is 4.62. The van der Waals surface area contributed by atoms with E-state index in [0.29, 0.717) is 13.2 Å². The summed E-state index contributed by atoms with van der Waals surface area (Å²) in [5, 5.41) is 4.39. The second-order valence-electron chi connectivity index (χ2n) is 4.72. The molecule has 5 heteroatoms. The first-order chi connectivity index (χ1) is 10.4. The molecule has 0 amide bonds. The van der Waals surface area contributed by atoms with Crippen LogP contribution in [0.2, 0.25) is 0 Å². The van der Waals surface area contributed by atoms with Gasteiger partial charge < -0.3 is 14.8 Å². The quantitative estimate of drug-likeness (QED) is 0.860. The van der Waals surface area contributed by atoms with E-state index in [1.165, 1.54) is 5.56 Å². The minimum Gasteiger partial charge on any atom is -0.486 e. The van der Waals surface area contributed by atoms with E-state index in [4.69, 9.17) is 9.47 Å². The van der Waals surface area contributed by atoms with E-state index in [-0.39, 0.29) is 6.04 Å². The number of nitrogens with one attached hydrogen (secondary N) is 1. The molecule has 0 bridgehead atoms. The lowest BCUT2D eigenvalue weighted by molar-refractivity contribution is 0.171. The highest BCUT2D eigenvalue weighted by Crippen LogP contribution is 2.33. The van der Waals surface area contributed by atoms with Crippen molar-refractivity contribution in [3.63, 3.8) is 0 Å². The summed E-state index contributed by atoms with van der Waals surface area (Å²) in [7, 11) is 1.97. The number of benzene rings is 1. The van der Waals surface area contributed by atoms with Gasteiger partial charge >= 0.3 is 0 Å². The van der Waals surface area contributed by atoms with Crippen molar-refractivity contribution in [3.8, 4) is 11.5 Å². The largest absolute Gasteiger partial charge is 0.486 e. The molecule has 0 saturated heterocycles. The molecule has 3 rings (SSSR count). The molecule has 1 N–H and O–H groups in total. The third-order valence-corrected chi connectivity index (χ3v) is 4.39. The summed E-state index contributed by atoms with van der Waals surface area (Å²) < 4.78 is 11.2.